The summed E-state index contributed by atoms with van der Waals surface area (Å²) in [4.78, 5) is 18.0. The van der Waals surface area contributed by atoms with E-state index in [1.165, 1.54) is 31.9 Å². The van der Waals surface area contributed by atoms with Gasteiger partial charge in [0.2, 0.25) is 5.91 Å². The minimum atomic E-state index is -0.144. The van der Waals surface area contributed by atoms with E-state index in [1.807, 2.05) is 11.3 Å². The Bertz CT molecular complexity index is 876. The van der Waals surface area contributed by atoms with Crippen LogP contribution in [0.25, 0.3) is 10.9 Å². The third-order valence-electron chi connectivity index (χ3n) is 5.50. The number of H-pyrrole nitrogens is 1. The van der Waals surface area contributed by atoms with Crippen LogP contribution in [0.4, 0.5) is 0 Å². The molecule has 1 saturated heterocycles. The Morgan fingerprint density at radius 3 is 2.68 bits per heavy atom. The van der Waals surface area contributed by atoms with Crippen molar-refractivity contribution in [2.24, 2.45) is 11.7 Å². The van der Waals surface area contributed by atoms with E-state index in [1.54, 1.807) is 0 Å². The van der Waals surface area contributed by atoms with Crippen LogP contribution in [-0.4, -0.2) is 24.0 Å². The molecule has 4 rings (SSSR count). The topological polar surface area (TPSA) is 63.3 Å². The summed E-state index contributed by atoms with van der Waals surface area (Å²) in [6.45, 7) is 4.13. The normalized spacial score (nSPS) is 22.1. The fourth-order valence-electron chi connectivity index (χ4n) is 4.24. The molecule has 0 radical (unpaired) electrons. The van der Waals surface area contributed by atoms with E-state index in [4.69, 9.17) is 5.73 Å². The maximum Gasteiger partial charge on any atom is 0.220 e. The van der Waals surface area contributed by atoms with E-state index in [9.17, 15) is 4.79 Å². The summed E-state index contributed by atoms with van der Waals surface area (Å²) >= 11 is 1.82. The molecule has 5 heteroatoms. The lowest BCUT2D eigenvalue weighted by atomic mass is 9.92. The van der Waals surface area contributed by atoms with Gasteiger partial charge in [0.05, 0.1) is 18.0 Å². The Morgan fingerprint density at radius 2 is 2.00 bits per heavy atom. The highest BCUT2D eigenvalue weighted by Gasteiger charge is 2.35. The minimum absolute atomic E-state index is 0.0387. The molecule has 130 valence electrons. The number of aromatic nitrogens is 1. The molecular weight excluding hydrogens is 330 g/mol. The van der Waals surface area contributed by atoms with Gasteiger partial charge in [0.15, 0.2) is 6.04 Å². The SMILES string of the molecule is Cc1[nH]c2ccccc2c1[C@@H](c1cccs1)[NH+]1CCC(C(N)=O)CC1. The number of para-hydroxylation sites is 1. The van der Waals surface area contributed by atoms with Crippen LogP contribution in [-0.2, 0) is 4.79 Å². The van der Waals surface area contributed by atoms with E-state index in [0.717, 1.165) is 25.9 Å². The lowest BCUT2D eigenvalue weighted by Gasteiger charge is -2.33. The molecule has 0 aliphatic carbocycles. The number of piperidine rings is 1. The van der Waals surface area contributed by atoms with E-state index in [-0.39, 0.29) is 11.8 Å². The number of nitrogens with one attached hydrogen (secondary N) is 2. The van der Waals surface area contributed by atoms with Crippen molar-refractivity contribution in [2.45, 2.75) is 25.8 Å². The predicted octanol–water partition coefficient (Wildman–Crippen LogP) is 2.41. The van der Waals surface area contributed by atoms with Gasteiger partial charge in [-0.1, -0.05) is 24.3 Å². The Morgan fingerprint density at radius 1 is 1.24 bits per heavy atom. The molecule has 3 aromatic rings. The van der Waals surface area contributed by atoms with Gasteiger partial charge < -0.3 is 15.6 Å². The largest absolute Gasteiger partial charge is 0.369 e. The van der Waals surface area contributed by atoms with Crippen molar-refractivity contribution in [3.8, 4) is 0 Å². The van der Waals surface area contributed by atoms with Crippen LogP contribution in [0.5, 0.6) is 0 Å². The summed E-state index contributed by atoms with van der Waals surface area (Å²) in [6, 6.07) is 13.2. The third kappa shape index (κ3) is 2.98. The summed E-state index contributed by atoms with van der Waals surface area (Å²) in [6.07, 6.45) is 1.77. The van der Waals surface area contributed by atoms with Crippen LogP contribution < -0.4 is 10.6 Å². The number of amides is 1. The number of aromatic amines is 1. The number of likely N-dealkylation sites (tertiary alicyclic amines) is 1. The lowest BCUT2D eigenvalue weighted by Crippen LogP contribution is -3.13. The van der Waals surface area contributed by atoms with Crippen molar-refractivity contribution < 1.29 is 9.69 Å². The number of nitrogens with two attached hydrogens (primary N) is 1. The van der Waals surface area contributed by atoms with E-state index < -0.39 is 0 Å². The van der Waals surface area contributed by atoms with Crippen molar-refractivity contribution in [3.05, 3.63) is 57.9 Å². The van der Waals surface area contributed by atoms with Gasteiger partial charge in [-0.25, -0.2) is 0 Å². The fraction of sp³-hybridized carbons (Fsp3) is 0.350. The van der Waals surface area contributed by atoms with Crippen LogP contribution in [0.15, 0.2) is 41.8 Å². The molecule has 0 bridgehead atoms. The molecule has 3 heterocycles. The first-order valence-electron chi connectivity index (χ1n) is 8.89. The number of carbonyl (C=O) groups excluding carboxylic acids is 1. The zero-order valence-electron chi connectivity index (χ0n) is 14.4. The molecule has 2 aromatic heterocycles. The summed E-state index contributed by atoms with van der Waals surface area (Å²) in [5.41, 5.74) is 9.36. The number of carbonyl (C=O) groups is 1. The molecule has 1 fully saturated rings. The van der Waals surface area contributed by atoms with Gasteiger partial charge in [0.25, 0.3) is 0 Å². The molecule has 4 nitrogen and oxygen atoms in total. The average molecular weight is 354 g/mol. The van der Waals surface area contributed by atoms with Crippen LogP contribution in [0.2, 0.25) is 0 Å². The first kappa shape index (κ1) is 16.4. The molecule has 1 amide bonds. The molecule has 1 atom stereocenters. The highest BCUT2D eigenvalue weighted by molar-refractivity contribution is 7.10. The number of aryl methyl sites for hydroxylation is 1. The third-order valence-corrected chi connectivity index (χ3v) is 6.44. The molecule has 4 N–H and O–H groups in total. The van der Waals surface area contributed by atoms with Crippen LogP contribution >= 0.6 is 11.3 Å². The maximum atomic E-state index is 11.5. The van der Waals surface area contributed by atoms with Crippen molar-refractivity contribution in [3.63, 3.8) is 0 Å². The zero-order valence-corrected chi connectivity index (χ0v) is 15.2. The van der Waals surface area contributed by atoms with Crippen molar-refractivity contribution in [2.75, 3.05) is 13.1 Å². The first-order chi connectivity index (χ1) is 12.1. The number of quaternary nitrogens is 1. The Hall–Kier alpha value is -2.11. The second-order valence-corrected chi connectivity index (χ2v) is 7.97. The molecule has 0 spiro atoms. The molecule has 25 heavy (non-hydrogen) atoms. The van der Waals surface area contributed by atoms with Crippen LogP contribution in [0, 0.1) is 12.8 Å². The zero-order chi connectivity index (χ0) is 17.4. The summed E-state index contributed by atoms with van der Waals surface area (Å²) in [7, 11) is 0. The van der Waals surface area contributed by atoms with Gasteiger partial charge in [0, 0.05) is 40.9 Å². The number of hydrogen-bond donors (Lipinski definition) is 3. The number of hydrogen-bond acceptors (Lipinski definition) is 2. The second kappa shape index (κ2) is 6.65. The molecule has 1 aliphatic heterocycles. The Kier molecular flexibility index (Phi) is 4.36. The number of fused-ring (bicyclic) bond motifs is 1. The summed E-state index contributed by atoms with van der Waals surface area (Å²) < 4.78 is 0. The summed E-state index contributed by atoms with van der Waals surface area (Å²) in [5, 5.41) is 3.46. The van der Waals surface area contributed by atoms with E-state index in [0.29, 0.717) is 6.04 Å². The molecule has 0 unspecified atom stereocenters. The van der Waals surface area contributed by atoms with E-state index in [2.05, 4.69) is 53.7 Å². The van der Waals surface area contributed by atoms with Crippen LogP contribution in [0.3, 0.4) is 0 Å². The smallest absolute Gasteiger partial charge is 0.220 e. The fourth-order valence-corrected chi connectivity index (χ4v) is 5.13. The number of primary amides is 1. The first-order valence-corrected chi connectivity index (χ1v) is 9.77. The average Bonchev–Trinajstić information content (AvgIpc) is 3.24. The predicted molar refractivity (Wildman–Crippen MR) is 102 cm³/mol. The van der Waals surface area contributed by atoms with Crippen molar-refractivity contribution in [1.29, 1.82) is 0 Å². The Labute approximate surface area is 151 Å². The van der Waals surface area contributed by atoms with Gasteiger partial charge in [-0.15, -0.1) is 11.3 Å². The number of thiophene rings is 1. The highest BCUT2D eigenvalue weighted by Crippen LogP contribution is 2.32. The minimum Gasteiger partial charge on any atom is -0.369 e. The number of rotatable bonds is 4. The van der Waals surface area contributed by atoms with Crippen LogP contribution in [0.1, 0.15) is 35.0 Å². The highest BCUT2D eigenvalue weighted by atomic mass is 32.1. The van der Waals surface area contributed by atoms with Gasteiger partial charge in [-0.05, 0) is 24.4 Å². The molecule has 0 saturated carbocycles. The standard InChI is InChI=1S/C20H23N3OS/c1-13-18(15-5-2-3-6-16(15)22-13)19(17-7-4-12-25-17)23-10-8-14(9-11-23)20(21)24/h2-7,12,14,19,22H,8-11H2,1H3,(H2,21,24)/p+1/t19-/m1/s1. The van der Waals surface area contributed by atoms with Gasteiger partial charge >= 0.3 is 0 Å². The van der Waals surface area contributed by atoms with Gasteiger partial charge in [-0.3, -0.25) is 4.79 Å². The van der Waals surface area contributed by atoms with Gasteiger partial charge in [-0.2, -0.15) is 0 Å². The Balaban J connectivity index is 1.75. The van der Waals surface area contributed by atoms with Crippen molar-refractivity contribution >= 4 is 28.1 Å². The quantitative estimate of drug-likeness (QED) is 0.662. The number of benzene rings is 1. The molecular formula is C20H24N3OS+. The van der Waals surface area contributed by atoms with Gasteiger partial charge in [0.1, 0.15) is 0 Å². The lowest BCUT2D eigenvalue weighted by molar-refractivity contribution is -0.930. The summed E-state index contributed by atoms with van der Waals surface area (Å²) in [5.74, 6) is -0.105. The van der Waals surface area contributed by atoms with E-state index >= 15 is 0 Å². The molecule has 1 aromatic carbocycles. The van der Waals surface area contributed by atoms with Crippen molar-refractivity contribution in [1.82, 2.24) is 4.98 Å². The maximum absolute atomic E-state index is 11.5. The second-order valence-electron chi connectivity index (χ2n) is 6.99. The monoisotopic (exact) mass is 354 g/mol. The molecule has 1 aliphatic rings.